The Bertz CT molecular complexity index is 2210. The third-order valence-electron chi connectivity index (χ3n) is 5.93. The predicted molar refractivity (Wildman–Crippen MR) is 172 cm³/mol. The molecule has 0 aliphatic rings. The minimum atomic E-state index is -4.62. The summed E-state index contributed by atoms with van der Waals surface area (Å²) in [7, 11) is -8.53. The number of thiophene rings is 2. The van der Waals surface area contributed by atoms with E-state index in [2.05, 4.69) is 0 Å². The van der Waals surface area contributed by atoms with Gasteiger partial charge < -0.3 is 0 Å². The molecule has 4 rings (SSSR count). The van der Waals surface area contributed by atoms with Gasteiger partial charge in [0.15, 0.2) is 9.81 Å². The number of nitrogens with zero attached hydrogens (tertiary/aromatic N) is 3. The zero-order chi connectivity index (χ0) is 36.8. The molecule has 0 spiro atoms. The van der Waals surface area contributed by atoms with Gasteiger partial charge >= 0.3 is 17.4 Å². The molecule has 4 aromatic rings. The number of allylic oxidation sites excluding steroid dienone is 2. The molecule has 0 radical (unpaired) electrons. The van der Waals surface area contributed by atoms with E-state index in [0.717, 1.165) is 40.6 Å². The highest BCUT2D eigenvalue weighted by Crippen LogP contribution is 2.34. The Morgan fingerprint density at radius 3 is 1.41 bits per heavy atom. The van der Waals surface area contributed by atoms with Crippen molar-refractivity contribution in [3.63, 3.8) is 0 Å². The standard InChI is InChI=1S/C15H10F3NO2S3.C14H7F3N2O4S2/c1-22-14-7-4-11(23-14)8-13(9-19)24(20,21)12-5-2-10(3-6-12)15(16,17)18;15-14(16,17)9-1-4-11(5-2-9)25(22,23)12(8-18)7-10-3-6-13(24-10)19(20)21/h2-8H,1H3;1-7H/b13-8+;12-7+. The third-order valence-corrected chi connectivity index (χ3v) is 12.4. The van der Waals surface area contributed by atoms with Crippen LogP contribution >= 0.6 is 34.4 Å². The van der Waals surface area contributed by atoms with Crippen LogP contribution in [0.2, 0.25) is 0 Å². The SMILES string of the molecule is CSc1ccc(/C=C(\C#N)S(=O)(=O)c2ccc(C(F)(F)F)cc2)s1.N#C/C(=C\c1ccc([N+](=O)[O-])s1)S(=O)(=O)c1ccc(C(F)(F)F)cc1. The fourth-order valence-electron chi connectivity index (χ4n) is 3.54. The van der Waals surface area contributed by atoms with Crippen LogP contribution in [-0.2, 0) is 32.0 Å². The highest BCUT2D eigenvalue weighted by molar-refractivity contribution is 8.00. The quantitative estimate of drug-likeness (QED) is 0.0560. The lowest BCUT2D eigenvalue weighted by molar-refractivity contribution is -0.380. The Labute approximate surface area is 287 Å². The van der Waals surface area contributed by atoms with Crippen LogP contribution < -0.4 is 0 Å². The molecule has 0 fully saturated rings. The lowest BCUT2D eigenvalue weighted by Crippen LogP contribution is -2.07. The first-order valence-electron chi connectivity index (χ1n) is 12.7. The third kappa shape index (κ3) is 9.80. The fourth-order valence-corrected chi connectivity index (χ4v) is 8.26. The molecule has 0 aliphatic carbocycles. The molecule has 0 saturated heterocycles. The molecule has 0 saturated carbocycles. The molecule has 9 nitrogen and oxygen atoms in total. The number of nitriles is 2. The largest absolute Gasteiger partial charge is 0.416 e. The van der Waals surface area contributed by atoms with Gasteiger partial charge in [-0.3, -0.25) is 10.1 Å². The average Bonchev–Trinajstić information content (AvgIpc) is 3.72. The van der Waals surface area contributed by atoms with Gasteiger partial charge in [-0.25, -0.2) is 16.8 Å². The zero-order valence-corrected chi connectivity index (χ0v) is 28.3. The maximum atomic E-state index is 12.6. The Kier molecular flexibility index (Phi) is 12.2. The number of sulfone groups is 2. The van der Waals surface area contributed by atoms with Crippen LogP contribution in [0.5, 0.6) is 0 Å². The number of thioether (sulfide) groups is 1. The van der Waals surface area contributed by atoms with Gasteiger partial charge in [-0.15, -0.1) is 23.1 Å². The van der Waals surface area contributed by atoms with Crippen molar-refractivity contribution in [2.75, 3.05) is 6.26 Å². The van der Waals surface area contributed by atoms with E-state index < -0.39 is 62.8 Å². The van der Waals surface area contributed by atoms with Gasteiger partial charge in [0.1, 0.15) is 12.1 Å². The average molecular weight is 778 g/mol. The van der Waals surface area contributed by atoms with Crippen LogP contribution in [-0.4, -0.2) is 28.0 Å². The molecule has 2 aromatic carbocycles. The minimum Gasteiger partial charge on any atom is -0.258 e. The molecular formula is C29H17F6N3O6S5. The van der Waals surface area contributed by atoms with Crippen molar-refractivity contribution in [3.05, 3.63) is 114 Å². The zero-order valence-electron chi connectivity index (χ0n) is 24.2. The number of alkyl halides is 6. The second-order valence-electron chi connectivity index (χ2n) is 9.09. The van der Waals surface area contributed by atoms with Gasteiger partial charge in [-0.2, -0.15) is 36.9 Å². The van der Waals surface area contributed by atoms with E-state index in [1.807, 2.05) is 6.26 Å². The number of nitro groups is 1. The van der Waals surface area contributed by atoms with E-state index in [0.29, 0.717) is 40.5 Å². The summed E-state index contributed by atoms with van der Waals surface area (Å²) in [6, 6.07) is 14.7. The van der Waals surface area contributed by atoms with Gasteiger partial charge in [0.2, 0.25) is 19.7 Å². The van der Waals surface area contributed by atoms with Crippen molar-refractivity contribution in [1.29, 1.82) is 10.5 Å². The number of halogens is 6. The predicted octanol–water partition coefficient (Wildman–Crippen LogP) is 8.84. The summed E-state index contributed by atoms with van der Waals surface area (Å²) in [4.78, 5) is 8.59. The number of hydrogen-bond acceptors (Lipinski definition) is 11. The maximum Gasteiger partial charge on any atom is 0.416 e. The molecule has 49 heavy (non-hydrogen) atoms. The van der Waals surface area contributed by atoms with Crippen molar-refractivity contribution in [2.24, 2.45) is 0 Å². The van der Waals surface area contributed by atoms with E-state index in [1.165, 1.54) is 41.3 Å². The van der Waals surface area contributed by atoms with E-state index in [9.17, 15) is 53.3 Å². The molecule has 256 valence electrons. The second kappa shape index (κ2) is 15.4. The Hall–Kier alpha value is -4.47. The lowest BCUT2D eigenvalue weighted by atomic mass is 10.2. The molecule has 0 atom stereocenters. The van der Waals surface area contributed by atoms with Crippen molar-refractivity contribution in [3.8, 4) is 12.1 Å². The number of benzene rings is 2. The Morgan fingerprint density at radius 2 is 1.10 bits per heavy atom. The molecule has 0 N–H and O–H groups in total. The molecule has 2 heterocycles. The summed E-state index contributed by atoms with van der Waals surface area (Å²) in [5, 5.41) is 28.6. The van der Waals surface area contributed by atoms with E-state index in [4.69, 9.17) is 10.5 Å². The topological polar surface area (TPSA) is 159 Å². The summed E-state index contributed by atoms with van der Waals surface area (Å²) in [6.07, 6.45) is -5.15. The van der Waals surface area contributed by atoms with Gasteiger partial charge in [0.25, 0.3) is 0 Å². The first-order chi connectivity index (χ1) is 22.7. The monoisotopic (exact) mass is 777 g/mol. The second-order valence-corrected chi connectivity index (χ2v) is 16.2. The molecule has 0 bridgehead atoms. The lowest BCUT2D eigenvalue weighted by Gasteiger charge is -2.07. The Balaban J connectivity index is 0.000000266. The minimum absolute atomic E-state index is 0.152. The summed E-state index contributed by atoms with van der Waals surface area (Å²) >= 11 is 3.46. The van der Waals surface area contributed by atoms with Crippen molar-refractivity contribution >= 4 is 71.3 Å². The molecule has 20 heteroatoms. The maximum absolute atomic E-state index is 12.6. The normalized spacial score (nSPS) is 12.8. The van der Waals surface area contributed by atoms with Gasteiger partial charge in [0, 0.05) is 15.8 Å². The molecule has 2 aromatic heterocycles. The Morgan fingerprint density at radius 1 is 0.714 bits per heavy atom. The fraction of sp³-hybridized carbons (Fsp3) is 0.103. The van der Waals surface area contributed by atoms with Crippen LogP contribution in [0.15, 0.2) is 96.6 Å². The van der Waals surface area contributed by atoms with E-state index in [-0.39, 0.29) is 14.8 Å². The van der Waals surface area contributed by atoms with Crippen LogP contribution in [0.3, 0.4) is 0 Å². The first kappa shape index (κ1) is 39.0. The van der Waals surface area contributed by atoms with Crippen LogP contribution in [0.25, 0.3) is 12.2 Å². The van der Waals surface area contributed by atoms with Gasteiger partial charge in [0.05, 0.1) is 30.1 Å². The summed E-state index contributed by atoms with van der Waals surface area (Å²) < 4.78 is 126. The summed E-state index contributed by atoms with van der Waals surface area (Å²) in [5.74, 6) is 0. The summed E-state index contributed by atoms with van der Waals surface area (Å²) in [6.45, 7) is 0. The summed E-state index contributed by atoms with van der Waals surface area (Å²) in [5.41, 5.74) is -1.98. The first-order valence-corrected chi connectivity index (χ1v) is 18.5. The van der Waals surface area contributed by atoms with Crippen molar-refractivity contribution in [1.82, 2.24) is 0 Å². The van der Waals surface area contributed by atoms with E-state index >= 15 is 0 Å². The number of hydrogen-bond donors (Lipinski definition) is 0. The van der Waals surface area contributed by atoms with Gasteiger partial charge in [-0.05, 0) is 85.1 Å². The number of rotatable bonds is 8. The van der Waals surface area contributed by atoms with Gasteiger partial charge in [-0.1, -0.05) is 11.3 Å². The van der Waals surface area contributed by atoms with E-state index in [1.54, 1.807) is 18.2 Å². The van der Waals surface area contributed by atoms with Crippen LogP contribution in [0.4, 0.5) is 31.3 Å². The molecule has 0 aliphatic heterocycles. The molecule has 0 amide bonds. The van der Waals surface area contributed by atoms with Crippen molar-refractivity contribution in [2.45, 2.75) is 26.4 Å². The van der Waals surface area contributed by atoms with Crippen LogP contribution in [0.1, 0.15) is 20.9 Å². The smallest absolute Gasteiger partial charge is 0.258 e. The molecule has 0 unspecified atom stereocenters. The van der Waals surface area contributed by atoms with Crippen molar-refractivity contribution < 1.29 is 48.1 Å². The highest BCUT2D eigenvalue weighted by Gasteiger charge is 2.32. The van der Waals surface area contributed by atoms with Crippen LogP contribution in [0, 0.1) is 32.8 Å². The highest BCUT2D eigenvalue weighted by atomic mass is 32.2. The molecular weight excluding hydrogens is 761 g/mol.